The molecule has 0 bridgehead atoms. The maximum atomic E-state index is 12.6. The van der Waals surface area contributed by atoms with E-state index in [2.05, 4.69) is 16.0 Å². The Balaban J connectivity index is 2.28. The average molecular weight is 379 g/mol. The van der Waals surface area contributed by atoms with Gasteiger partial charge in [-0.15, -0.1) is 0 Å². The maximum Gasteiger partial charge on any atom is 0.338 e. The molecule has 0 aromatic carbocycles. The number of furan rings is 1. The van der Waals surface area contributed by atoms with Crippen LogP contribution >= 0.6 is 0 Å². The van der Waals surface area contributed by atoms with Crippen LogP contribution in [-0.4, -0.2) is 50.7 Å². The largest absolute Gasteiger partial charge is 0.467 e. The van der Waals surface area contributed by atoms with Gasteiger partial charge in [-0.2, -0.15) is 0 Å². The van der Waals surface area contributed by atoms with E-state index in [0.29, 0.717) is 11.5 Å². The highest BCUT2D eigenvalue weighted by molar-refractivity contribution is 5.95. The zero-order valence-corrected chi connectivity index (χ0v) is 16.0. The summed E-state index contributed by atoms with van der Waals surface area (Å²) in [6.07, 6.45) is 1.47. The van der Waals surface area contributed by atoms with E-state index in [-0.39, 0.29) is 37.2 Å². The molecule has 0 spiro atoms. The minimum Gasteiger partial charge on any atom is -0.467 e. The van der Waals surface area contributed by atoms with Crippen LogP contribution in [0.1, 0.15) is 32.6 Å². The molecular formula is C18H27N4O5+. The topological polar surface area (TPSA) is 114 Å². The Labute approximate surface area is 158 Å². The number of quaternary nitrogens is 1. The van der Waals surface area contributed by atoms with Crippen molar-refractivity contribution in [2.45, 2.75) is 32.9 Å². The third kappa shape index (κ3) is 5.58. The first-order valence-electron chi connectivity index (χ1n) is 8.93. The molecule has 1 aromatic heterocycles. The summed E-state index contributed by atoms with van der Waals surface area (Å²) in [6, 6.07) is 2.21. The zero-order valence-electron chi connectivity index (χ0n) is 16.0. The van der Waals surface area contributed by atoms with Gasteiger partial charge in [-0.25, -0.2) is 9.59 Å². The van der Waals surface area contributed by atoms with Gasteiger partial charge < -0.3 is 30.0 Å². The van der Waals surface area contributed by atoms with Crippen LogP contribution in [0, 0.1) is 0 Å². The molecule has 1 aliphatic heterocycles. The Bertz CT molecular complexity index is 711. The Morgan fingerprint density at radius 1 is 1.41 bits per heavy atom. The van der Waals surface area contributed by atoms with E-state index >= 15 is 0 Å². The highest BCUT2D eigenvalue weighted by Crippen LogP contribution is 2.27. The minimum absolute atomic E-state index is 0.0431. The number of likely N-dealkylation sites (N-methyl/N-ethyl adjacent to an activating group) is 1. The summed E-state index contributed by atoms with van der Waals surface area (Å²) in [6.45, 7) is 6.15. The number of ether oxygens (including phenoxy) is 1. The summed E-state index contributed by atoms with van der Waals surface area (Å²) in [5, 5.41) is 8.19. The molecule has 0 radical (unpaired) electrons. The second-order valence-electron chi connectivity index (χ2n) is 6.69. The second kappa shape index (κ2) is 9.22. The molecule has 2 heterocycles. The van der Waals surface area contributed by atoms with Gasteiger partial charge in [-0.1, -0.05) is 0 Å². The van der Waals surface area contributed by atoms with E-state index in [0.717, 1.165) is 4.90 Å². The van der Waals surface area contributed by atoms with Crippen LogP contribution in [0.2, 0.25) is 0 Å². The third-order valence-corrected chi connectivity index (χ3v) is 3.87. The summed E-state index contributed by atoms with van der Waals surface area (Å²) < 4.78 is 10.6. The van der Waals surface area contributed by atoms with Gasteiger partial charge in [0.25, 0.3) is 5.91 Å². The summed E-state index contributed by atoms with van der Waals surface area (Å²) in [5.74, 6) is -0.218. The van der Waals surface area contributed by atoms with E-state index in [4.69, 9.17) is 9.15 Å². The van der Waals surface area contributed by atoms with Crippen LogP contribution in [0.5, 0.6) is 0 Å². The van der Waals surface area contributed by atoms with Gasteiger partial charge in [-0.05, 0) is 32.9 Å². The number of rotatable bonds is 8. The first kappa shape index (κ1) is 20.5. The molecule has 9 heteroatoms. The SMILES string of the molecule is CCOC(=O)C1=C(C[NH+](C)CC(=O)NC(C)C)NC(=O)N[C@@H]1c1ccco1. The van der Waals surface area contributed by atoms with Gasteiger partial charge in [0.05, 0.1) is 31.2 Å². The van der Waals surface area contributed by atoms with Crippen LogP contribution in [0.25, 0.3) is 0 Å². The Morgan fingerprint density at radius 3 is 2.74 bits per heavy atom. The van der Waals surface area contributed by atoms with E-state index in [1.54, 1.807) is 19.1 Å². The molecule has 27 heavy (non-hydrogen) atoms. The van der Waals surface area contributed by atoms with E-state index < -0.39 is 18.0 Å². The smallest absolute Gasteiger partial charge is 0.338 e. The molecule has 1 unspecified atom stereocenters. The number of nitrogens with one attached hydrogen (secondary N) is 4. The van der Waals surface area contributed by atoms with Crippen LogP contribution in [0.15, 0.2) is 34.1 Å². The maximum absolute atomic E-state index is 12.6. The van der Waals surface area contributed by atoms with Crippen LogP contribution in [-0.2, 0) is 14.3 Å². The fourth-order valence-electron chi connectivity index (χ4n) is 2.89. The minimum atomic E-state index is -0.750. The van der Waals surface area contributed by atoms with Gasteiger partial charge in [0.1, 0.15) is 18.3 Å². The molecule has 3 amide bonds. The lowest BCUT2D eigenvalue weighted by molar-refractivity contribution is -0.866. The predicted molar refractivity (Wildman–Crippen MR) is 96.7 cm³/mol. The molecule has 2 rings (SSSR count). The number of hydrogen-bond acceptors (Lipinski definition) is 5. The molecule has 2 atom stereocenters. The van der Waals surface area contributed by atoms with Crippen LogP contribution in [0.4, 0.5) is 4.79 Å². The Morgan fingerprint density at radius 2 is 2.15 bits per heavy atom. The molecule has 0 saturated heterocycles. The van der Waals surface area contributed by atoms with Gasteiger partial charge in [0, 0.05) is 6.04 Å². The Hall–Kier alpha value is -2.81. The van der Waals surface area contributed by atoms with Crippen molar-refractivity contribution in [3.8, 4) is 0 Å². The third-order valence-electron chi connectivity index (χ3n) is 3.87. The van der Waals surface area contributed by atoms with Crippen LogP contribution < -0.4 is 20.9 Å². The molecule has 0 aliphatic carbocycles. The number of urea groups is 1. The fraction of sp³-hybridized carbons (Fsp3) is 0.500. The standard InChI is InChI=1S/C18H26N4O5/c1-5-26-17(24)15-12(9-22(4)10-14(23)19-11(2)3)20-18(25)21-16(15)13-7-6-8-27-13/h6-8,11,16H,5,9-10H2,1-4H3,(H,19,23)(H2,20,21,25)/p+1/t16-/m1/s1. The molecule has 9 nitrogen and oxygen atoms in total. The molecular weight excluding hydrogens is 352 g/mol. The second-order valence-corrected chi connectivity index (χ2v) is 6.69. The quantitative estimate of drug-likeness (QED) is 0.454. The lowest BCUT2D eigenvalue weighted by Gasteiger charge is -2.28. The molecule has 148 valence electrons. The van der Waals surface area contributed by atoms with E-state index in [9.17, 15) is 14.4 Å². The van der Waals surface area contributed by atoms with Gasteiger partial charge in [0.15, 0.2) is 6.54 Å². The van der Waals surface area contributed by atoms with Crippen molar-refractivity contribution in [3.63, 3.8) is 0 Å². The first-order chi connectivity index (χ1) is 12.8. The molecule has 0 fully saturated rings. The lowest BCUT2D eigenvalue weighted by atomic mass is 10.00. The molecule has 1 aliphatic rings. The number of carbonyl (C=O) groups is 3. The first-order valence-corrected chi connectivity index (χ1v) is 8.93. The van der Waals surface area contributed by atoms with E-state index in [1.807, 2.05) is 20.9 Å². The number of esters is 1. The molecule has 1 aromatic rings. The molecule has 0 saturated carbocycles. The number of carbonyl (C=O) groups excluding carboxylic acids is 3. The average Bonchev–Trinajstić information content (AvgIpc) is 3.07. The monoisotopic (exact) mass is 379 g/mol. The highest BCUT2D eigenvalue weighted by atomic mass is 16.5. The van der Waals surface area contributed by atoms with E-state index in [1.165, 1.54) is 6.26 Å². The summed E-state index contributed by atoms with van der Waals surface area (Å²) in [7, 11) is 1.81. The highest BCUT2D eigenvalue weighted by Gasteiger charge is 2.36. The van der Waals surface area contributed by atoms with Gasteiger partial charge >= 0.3 is 12.0 Å². The summed E-state index contributed by atoms with van der Waals surface area (Å²) in [5.41, 5.74) is 0.684. The number of hydrogen-bond donors (Lipinski definition) is 4. The predicted octanol–water partition coefficient (Wildman–Crippen LogP) is -0.510. The zero-order chi connectivity index (χ0) is 20.0. The summed E-state index contributed by atoms with van der Waals surface area (Å²) >= 11 is 0. The van der Waals surface area contributed by atoms with Crippen molar-refractivity contribution < 1.29 is 28.4 Å². The normalized spacial score (nSPS) is 18.0. The van der Waals surface area contributed by atoms with Crippen molar-refractivity contribution in [2.75, 3.05) is 26.7 Å². The fourth-order valence-corrected chi connectivity index (χ4v) is 2.89. The van der Waals surface area contributed by atoms with Crippen molar-refractivity contribution in [3.05, 3.63) is 35.4 Å². The van der Waals surface area contributed by atoms with Crippen molar-refractivity contribution in [1.29, 1.82) is 0 Å². The summed E-state index contributed by atoms with van der Waals surface area (Å²) in [4.78, 5) is 37.5. The molecule has 4 N–H and O–H groups in total. The number of amides is 3. The van der Waals surface area contributed by atoms with Crippen molar-refractivity contribution in [1.82, 2.24) is 16.0 Å². The Kier molecular flexibility index (Phi) is 7.00. The van der Waals surface area contributed by atoms with Gasteiger partial charge in [0.2, 0.25) is 0 Å². The van der Waals surface area contributed by atoms with Crippen molar-refractivity contribution in [2.24, 2.45) is 0 Å². The lowest BCUT2D eigenvalue weighted by Crippen LogP contribution is -3.10. The van der Waals surface area contributed by atoms with Crippen LogP contribution in [0.3, 0.4) is 0 Å². The van der Waals surface area contributed by atoms with Crippen molar-refractivity contribution >= 4 is 17.9 Å². The van der Waals surface area contributed by atoms with Gasteiger partial charge in [-0.3, -0.25) is 4.79 Å².